The van der Waals surface area contributed by atoms with Gasteiger partial charge in [0.25, 0.3) is 47.3 Å². The lowest BCUT2D eigenvalue weighted by Crippen LogP contribution is -2.34. The van der Waals surface area contributed by atoms with Gasteiger partial charge in [0.2, 0.25) is 12.6 Å². The molecule has 0 aromatic rings. The van der Waals surface area contributed by atoms with Crippen molar-refractivity contribution in [3.05, 3.63) is 12.5 Å². The average molecular weight is 1210 g/mol. The molecule has 0 N–H and O–H groups in total. The van der Waals surface area contributed by atoms with Gasteiger partial charge in [-0.1, -0.05) is 20.3 Å². The van der Waals surface area contributed by atoms with Crippen molar-refractivity contribution in [3.8, 4) is 0 Å². The highest BCUT2D eigenvalue weighted by Gasteiger charge is 2.37. The van der Waals surface area contributed by atoms with Crippen molar-refractivity contribution in [2.75, 3.05) is 145 Å². The molecular weight excluding hydrogens is 1140 g/mol. The third-order valence-corrected chi connectivity index (χ3v) is 11.4. The Balaban J connectivity index is 1.18. The molecule has 2 unspecified atom stereocenters. The maximum Gasteiger partial charge on any atom is 0.536 e. The second-order valence-corrected chi connectivity index (χ2v) is 17.6. The minimum Gasteiger partial charge on any atom is -0.479 e. The third-order valence-electron chi connectivity index (χ3n) is 11.4. The van der Waals surface area contributed by atoms with E-state index in [-0.39, 0.29) is 164 Å². The van der Waals surface area contributed by atoms with Crippen LogP contribution < -0.4 is 0 Å². The van der Waals surface area contributed by atoms with E-state index < -0.39 is 84.5 Å². The average Bonchev–Trinajstić information content (AvgIpc) is 4.19. The number of imide groups is 4. The molecule has 84 heavy (non-hydrogen) atoms. The first-order valence-corrected chi connectivity index (χ1v) is 26.8. The van der Waals surface area contributed by atoms with Crippen molar-refractivity contribution in [2.45, 2.75) is 84.2 Å². The maximum atomic E-state index is 12.0. The van der Waals surface area contributed by atoms with Gasteiger partial charge in [0.1, 0.15) is 13.2 Å². The first-order chi connectivity index (χ1) is 40.4. The lowest BCUT2D eigenvalue weighted by atomic mass is 10.3. The molecule has 0 bridgehead atoms. The van der Waals surface area contributed by atoms with E-state index >= 15 is 0 Å². The molecule has 472 valence electrons. The highest BCUT2D eigenvalue weighted by molar-refractivity contribution is 6.03. The van der Waals surface area contributed by atoms with Crippen molar-refractivity contribution in [3.63, 3.8) is 0 Å². The molecule has 0 radical (unpaired) electrons. The van der Waals surface area contributed by atoms with E-state index in [4.69, 9.17) is 61.6 Å². The number of ether oxygens (including phenoxy) is 13. The molecule has 4 saturated heterocycles. The van der Waals surface area contributed by atoms with E-state index in [9.17, 15) is 57.5 Å². The van der Waals surface area contributed by atoms with E-state index in [1.54, 1.807) is 4.90 Å². The van der Waals surface area contributed by atoms with Crippen molar-refractivity contribution >= 4 is 71.9 Å². The van der Waals surface area contributed by atoms with Crippen LogP contribution in [0.15, 0.2) is 12.5 Å². The summed E-state index contributed by atoms with van der Waals surface area (Å²) < 4.78 is 70.3. The van der Waals surface area contributed by atoms with Crippen LogP contribution in [-0.4, -0.2) is 260 Å². The van der Waals surface area contributed by atoms with Crippen LogP contribution in [0.5, 0.6) is 0 Å². The highest BCUT2D eigenvalue weighted by Crippen LogP contribution is 2.16. The Labute approximate surface area is 481 Å². The first kappa shape index (κ1) is 69.1. The Morgan fingerprint density at radius 2 is 0.655 bits per heavy atom. The molecule has 4 rings (SSSR count). The van der Waals surface area contributed by atoms with Crippen LogP contribution in [0.2, 0.25) is 0 Å². The van der Waals surface area contributed by atoms with Crippen LogP contribution >= 0.6 is 0 Å². The van der Waals surface area contributed by atoms with Crippen LogP contribution in [0.4, 0.5) is 19.2 Å². The van der Waals surface area contributed by atoms with Gasteiger partial charge in [0, 0.05) is 84.1 Å². The van der Waals surface area contributed by atoms with Gasteiger partial charge < -0.3 is 66.5 Å². The minimum atomic E-state index is -1.29. The summed E-state index contributed by atoms with van der Waals surface area (Å²) >= 11 is 0. The lowest BCUT2D eigenvalue weighted by molar-refractivity contribution is -0.188. The Bertz CT molecular complexity index is 2020. The van der Waals surface area contributed by atoms with Gasteiger partial charge in [-0.05, 0) is 26.8 Å². The van der Waals surface area contributed by atoms with Gasteiger partial charge in [-0.25, -0.2) is 19.2 Å². The predicted octanol–water partition coefficient (Wildman–Crippen LogP) is 0.162. The van der Waals surface area contributed by atoms with Crippen molar-refractivity contribution in [1.82, 2.24) is 30.1 Å². The van der Waals surface area contributed by atoms with Crippen LogP contribution in [0.25, 0.3) is 0 Å². The number of hydrogen-bond acceptors (Lipinski definition) is 31. The van der Waals surface area contributed by atoms with E-state index in [2.05, 4.69) is 25.9 Å². The van der Waals surface area contributed by atoms with Gasteiger partial charge >= 0.3 is 24.6 Å². The fraction of sp³-hybridized carbons (Fsp3) is 0.714. The molecule has 35 nitrogen and oxygen atoms in total. The first-order valence-electron chi connectivity index (χ1n) is 26.8. The molecule has 4 aliphatic rings. The zero-order valence-electron chi connectivity index (χ0n) is 46.8. The van der Waals surface area contributed by atoms with E-state index in [0.717, 1.165) is 0 Å². The summed E-state index contributed by atoms with van der Waals surface area (Å²) in [4.78, 5) is 163. The Kier molecular flexibility index (Phi) is 32.3. The number of hydrogen-bond donors (Lipinski definition) is 0. The number of nitrogens with zero attached hydrogens (tertiary/aromatic N) is 6. The predicted molar refractivity (Wildman–Crippen MR) is 268 cm³/mol. The number of amides is 8. The molecule has 2 atom stereocenters. The van der Waals surface area contributed by atoms with Crippen LogP contribution in [0.3, 0.4) is 0 Å². The number of carbonyl (C=O) groups excluding carboxylic acids is 12. The lowest BCUT2D eigenvalue weighted by Gasteiger charge is -2.27. The van der Waals surface area contributed by atoms with Gasteiger partial charge in [-0.3, -0.25) is 62.6 Å². The topological polar surface area (TPSA) is 381 Å². The molecule has 0 aromatic carbocycles. The maximum absolute atomic E-state index is 12.0. The largest absolute Gasteiger partial charge is 0.536 e. The molecule has 0 spiro atoms. The monoisotopic (exact) mass is 1210 g/mol. The van der Waals surface area contributed by atoms with Gasteiger partial charge in [0.05, 0.1) is 99.1 Å². The molecule has 35 heteroatoms. The summed E-state index contributed by atoms with van der Waals surface area (Å²) in [5, 5.41) is 1.44. The Morgan fingerprint density at radius 1 is 0.369 bits per heavy atom. The zero-order chi connectivity index (χ0) is 61.1. The van der Waals surface area contributed by atoms with E-state index in [1.807, 2.05) is 4.90 Å². The van der Waals surface area contributed by atoms with Crippen molar-refractivity contribution in [1.29, 1.82) is 0 Å². The second-order valence-electron chi connectivity index (χ2n) is 17.6. The van der Waals surface area contributed by atoms with Gasteiger partial charge in [-0.2, -0.15) is 0 Å². The molecule has 8 amide bonds. The van der Waals surface area contributed by atoms with Crippen LogP contribution in [0.1, 0.15) is 71.6 Å². The normalized spacial score (nSPS) is 16.0. The van der Waals surface area contributed by atoms with E-state index in [0.29, 0.717) is 65.3 Å². The summed E-state index contributed by atoms with van der Waals surface area (Å²) in [7, 11) is 0. The van der Waals surface area contributed by atoms with Crippen LogP contribution in [0, 0.1) is 0 Å². The summed E-state index contributed by atoms with van der Waals surface area (Å²) in [5.41, 5.74) is 0. The summed E-state index contributed by atoms with van der Waals surface area (Å²) in [6, 6.07) is 0. The van der Waals surface area contributed by atoms with Crippen LogP contribution in [-0.2, 0) is 119 Å². The summed E-state index contributed by atoms with van der Waals surface area (Å²) in [5.74, 6) is -4.92. The fourth-order valence-corrected chi connectivity index (χ4v) is 7.13. The fourth-order valence-electron chi connectivity index (χ4n) is 7.13. The molecular formula is C49H72N6O29. The number of rotatable bonds is 44. The summed E-state index contributed by atoms with van der Waals surface area (Å²) in [6.07, 6.45) is -7.27. The molecule has 0 saturated carbocycles. The van der Waals surface area contributed by atoms with Crippen molar-refractivity contribution in [2.24, 2.45) is 0 Å². The molecule has 4 fully saturated rings. The molecule has 4 aliphatic heterocycles. The molecule has 4 heterocycles. The Hall–Kier alpha value is -7.38. The highest BCUT2D eigenvalue weighted by atomic mass is 16.9. The smallest absolute Gasteiger partial charge is 0.479 e. The third kappa shape index (κ3) is 27.3. The molecule has 0 aliphatic carbocycles. The Morgan fingerprint density at radius 3 is 1.00 bits per heavy atom. The van der Waals surface area contributed by atoms with Crippen molar-refractivity contribution < 1.29 is 138 Å². The minimum absolute atomic E-state index is 0.00747. The quantitative estimate of drug-likeness (QED) is 0.0196. The van der Waals surface area contributed by atoms with Gasteiger partial charge in [0.15, 0.2) is 5.88 Å². The number of carbonyl (C=O) groups is 12. The molecule has 0 aromatic heterocycles. The zero-order valence-corrected chi connectivity index (χ0v) is 46.8. The van der Waals surface area contributed by atoms with E-state index in [1.165, 1.54) is 13.8 Å². The second kappa shape index (κ2) is 39.2. The number of hydroxylamine groups is 8. The summed E-state index contributed by atoms with van der Waals surface area (Å²) in [6.45, 7) is 10.3. The SMILES string of the molecule is C=C(OCCCN(CCOCCOC(C)OC(=O)ON1C(=O)CCC1=O)CCOCCOC(C)OC(=O)ON1C(=O)CCC1=O)N(CCOCCOCCOC(=O)ON1C(=O)CCC1=O)CCOCCOCCOC(=O)ON1C(=O)CCC1=O. The van der Waals surface area contributed by atoms with Gasteiger partial charge in [-0.15, -0.1) is 0 Å². The standard InChI is InChI=1S/C49H72N6O29/c1-35(51(16-21-70-23-25-72-29-33-77-46(64)81-52-38(56)5-6-39(52)57)17-22-71-24-26-73-30-34-78-47(65)82-53-40(58)7-8-41(53)59)74-18-4-13-50(14-19-68-27-31-75-36(2)79-48(66)83-54-42(60)9-10-43(54)61)15-20-69-28-32-76-37(3)80-49(67)84-55-44(62)11-12-45(55)63/h36-37H,1,4-34H2,2-3H3.